The molecule has 3 nitrogen and oxygen atoms in total. The maximum atomic E-state index is 9.74. The molecule has 0 aliphatic heterocycles. The molecule has 0 radical (unpaired) electrons. The fourth-order valence-electron chi connectivity index (χ4n) is 0.993. The van der Waals surface area contributed by atoms with E-state index in [-0.39, 0.29) is 22.8 Å². The summed E-state index contributed by atoms with van der Waals surface area (Å²) >= 11 is 0. The van der Waals surface area contributed by atoms with Crippen molar-refractivity contribution in [1.82, 2.24) is 9.97 Å². The molecule has 0 fully saturated rings. The Bertz CT molecular complexity index is 644. The van der Waals surface area contributed by atoms with Crippen molar-refractivity contribution < 1.29 is 12.0 Å². The van der Waals surface area contributed by atoms with Gasteiger partial charge in [0.1, 0.15) is 11.3 Å². The summed E-state index contributed by atoms with van der Waals surface area (Å²) in [6, 6.07) is -1.21. The first-order valence-electron chi connectivity index (χ1n) is 6.31. The Labute approximate surface area is 83.1 Å². The first kappa shape index (κ1) is 4.05. The van der Waals surface area contributed by atoms with E-state index in [4.69, 9.17) is 6.85 Å². The molecule has 0 spiro atoms. The Hall–Kier alpha value is -1.64. The third-order valence-electron chi connectivity index (χ3n) is 1.69. The summed E-state index contributed by atoms with van der Waals surface area (Å²) in [5.74, 6) is -0.541. The molecule has 66 valence electrons. The number of benzene rings is 1. The van der Waals surface area contributed by atoms with Gasteiger partial charge in [-0.15, -0.1) is 0 Å². The fraction of sp³-hybridized carbons (Fsp3) is 0.200. The molecule has 0 bridgehead atoms. The standard InChI is InChI=1S/C10H10N2O/c1-6-7(2)12-10-8(11-6)4-3-5-9(10)13/h3-5,13H,1-2H3/i2D2,3D,4D,5D. The van der Waals surface area contributed by atoms with Crippen LogP contribution >= 0.6 is 0 Å². The Balaban J connectivity index is 2.94. The highest BCUT2D eigenvalue weighted by molar-refractivity contribution is 5.80. The zero-order chi connectivity index (χ0) is 13.6. The van der Waals surface area contributed by atoms with Crippen LogP contribution in [0.4, 0.5) is 0 Å². The molecule has 2 aromatic rings. The van der Waals surface area contributed by atoms with Gasteiger partial charge in [-0.3, -0.25) is 0 Å². The molecule has 0 saturated carbocycles. The van der Waals surface area contributed by atoms with Crippen molar-refractivity contribution >= 4 is 11.0 Å². The Morgan fingerprint density at radius 2 is 2.23 bits per heavy atom. The van der Waals surface area contributed by atoms with E-state index in [2.05, 4.69) is 9.97 Å². The number of fused-ring (bicyclic) bond motifs is 1. The monoisotopic (exact) mass is 179 g/mol. The summed E-state index contributed by atoms with van der Waals surface area (Å²) in [6.45, 7) is 0.187. The molecule has 0 saturated heterocycles. The number of aryl methyl sites for hydroxylation is 2. The van der Waals surface area contributed by atoms with Crippen molar-refractivity contribution in [3.8, 4) is 5.75 Å². The summed E-state index contributed by atoms with van der Waals surface area (Å²) in [5.41, 5.74) is 0.276. The average molecular weight is 179 g/mol. The molecule has 3 heteroatoms. The number of aromatic hydroxyl groups is 1. The van der Waals surface area contributed by atoms with Gasteiger partial charge in [0.2, 0.25) is 0 Å². The van der Waals surface area contributed by atoms with E-state index in [1.54, 1.807) is 6.92 Å². The predicted octanol–water partition coefficient (Wildman–Crippen LogP) is 1.95. The molecule has 0 unspecified atom stereocenters. The number of hydrogen-bond acceptors (Lipinski definition) is 3. The number of aromatic nitrogens is 2. The molecule has 0 amide bonds. The van der Waals surface area contributed by atoms with Crippen LogP contribution in [0.1, 0.15) is 18.2 Å². The summed E-state index contributed by atoms with van der Waals surface area (Å²) < 4.78 is 37.3. The van der Waals surface area contributed by atoms with Gasteiger partial charge in [-0.2, -0.15) is 0 Å². The third kappa shape index (κ3) is 1.22. The van der Waals surface area contributed by atoms with Gasteiger partial charge in [0.15, 0.2) is 0 Å². The summed E-state index contributed by atoms with van der Waals surface area (Å²) in [7, 11) is 0. The van der Waals surface area contributed by atoms with Crippen LogP contribution in [-0.4, -0.2) is 15.1 Å². The molecular weight excluding hydrogens is 164 g/mol. The topological polar surface area (TPSA) is 46.0 Å². The largest absolute Gasteiger partial charge is 0.506 e. The number of nitrogens with zero attached hydrogens (tertiary/aromatic N) is 2. The second-order valence-corrected chi connectivity index (χ2v) is 2.62. The van der Waals surface area contributed by atoms with Crippen LogP contribution in [0.2, 0.25) is 0 Å². The van der Waals surface area contributed by atoms with Crippen molar-refractivity contribution in [1.29, 1.82) is 0 Å². The number of hydrogen-bond donors (Lipinski definition) is 1. The van der Waals surface area contributed by atoms with Gasteiger partial charge in [-0.1, -0.05) is 6.04 Å². The minimum absolute atomic E-state index is 0.00963. The molecule has 1 N–H and O–H groups in total. The maximum absolute atomic E-state index is 9.74. The van der Waals surface area contributed by atoms with E-state index in [0.29, 0.717) is 5.69 Å². The third-order valence-corrected chi connectivity index (χ3v) is 1.69. The molecule has 1 heterocycles. The second-order valence-electron chi connectivity index (χ2n) is 2.62. The minimum Gasteiger partial charge on any atom is -0.506 e. The lowest BCUT2D eigenvalue weighted by Crippen LogP contribution is -1.92. The summed E-state index contributed by atoms with van der Waals surface area (Å²) in [6.07, 6.45) is 0. The van der Waals surface area contributed by atoms with E-state index in [1.807, 2.05) is 0 Å². The first-order chi connectivity index (χ1) is 8.34. The van der Waals surface area contributed by atoms with E-state index >= 15 is 0 Å². The Kier molecular flexibility index (Phi) is 0.838. The highest BCUT2D eigenvalue weighted by Crippen LogP contribution is 2.21. The Morgan fingerprint density at radius 1 is 1.38 bits per heavy atom. The van der Waals surface area contributed by atoms with Crippen molar-refractivity contribution in [3.05, 3.63) is 29.5 Å². The second kappa shape index (κ2) is 2.69. The average Bonchev–Trinajstić information content (AvgIpc) is 2.33. The highest BCUT2D eigenvalue weighted by atomic mass is 16.3. The van der Waals surface area contributed by atoms with Gasteiger partial charge in [-0.25, -0.2) is 9.97 Å². The zero-order valence-corrected chi connectivity index (χ0v) is 6.92. The lowest BCUT2D eigenvalue weighted by Gasteiger charge is -2.02. The predicted molar refractivity (Wildman–Crippen MR) is 50.7 cm³/mol. The number of para-hydroxylation sites is 1. The van der Waals surface area contributed by atoms with Crippen LogP contribution in [0, 0.1) is 13.8 Å². The molecule has 2 rings (SSSR count). The van der Waals surface area contributed by atoms with Crippen LogP contribution in [0.25, 0.3) is 11.0 Å². The molecule has 1 aromatic carbocycles. The van der Waals surface area contributed by atoms with Crippen LogP contribution < -0.4 is 0 Å². The maximum Gasteiger partial charge on any atom is 0.143 e. The quantitative estimate of drug-likeness (QED) is 0.672. The van der Waals surface area contributed by atoms with Crippen LogP contribution in [0.5, 0.6) is 5.75 Å². The van der Waals surface area contributed by atoms with Gasteiger partial charge >= 0.3 is 0 Å². The van der Waals surface area contributed by atoms with Gasteiger partial charge in [0, 0.05) is 2.74 Å². The molecule has 0 aliphatic carbocycles. The van der Waals surface area contributed by atoms with E-state index in [9.17, 15) is 5.11 Å². The van der Waals surface area contributed by atoms with E-state index in [1.165, 1.54) is 0 Å². The van der Waals surface area contributed by atoms with E-state index in [0.717, 1.165) is 0 Å². The number of rotatable bonds is 0. The smallest absolute Gasteiger partial charge is 0.143 e. The number of phenolic OH excluding ortho intramolecular Hbond substituents is 1. The molecule has 0 atom stereocenters. The first-order valence-corrected chi connectivity index (χ1v) is 3.66. The zero-order valence-electron chi connectivity index (χ0n) is 11.9. The Morgan fingerprint density at radius 3 is 3.00 bits per heavy atom. The summed E-state index contributed by atoms with van der Waals surface area (Å²) in [4.78, 5) is 7.93. The van der Waals surface area contributed by atoms with Crippen LogP contribution in [-0.2, 0) is 0 Å². The molecule has 0 aliphatic rings. The minimum atomic E-state index is -1.36. The highest BCUT2D eigenvalue weighted by Gasteiger charge is 2.03. The lowest BCUT2D eigenvalue weighted by atomic mass is 10.2. The lowest BCUT2D eigenvalue weighted by molar-refractivity contribution is 0.480. The van der Waals surface area contributed by atoms with Gasteiger partial charge < -0.3 is 5.11 Å². The molecule has 1 aromatic heterocycles. The van der Waals surface area contributed by atoms with Gasteiger partial charge in [0.05, 0.1) is 21.0 Å². The van der Waals surface area contributed by atoms with Crippen LogP contribution in [0.15, 0.2) is 18.1 Å². The number of phenols is 1. The molecular formula is C10H10N2O. The van der Waals surface area contributed by atoms with Crippen LogP contribution in [0.3, 0.4) is 0 Å². The SMILES string of the molecule is [2H]c1c([2H])c(O)c2nc(C([2H])[2H])c(C)nc2c1[2H]. The normalized spacial score (nSPS) is 16.3. The van der Waals surface area contributed by atoms with Crippen molar-refractivity contribution in [2.75, 3.05) is 0 Å². The van der Waals surface area contributed by atoms with Crippen molar-refractivity contribution in [3.63, 3.8) is 0 Å². The molecule has 13 heavy (non-hydrogen) atoms. The van der Waals surface area contributed by atoms with Crippen molar-refractivity contribution in [2.45, 2.75) is 13.8 Å². The van der Waals surface area contributed by atoms with Gasteiger partial charge in [0.25, 0.3) is 0 Å². The summed E-state index contributed by atoms with van der Waals surface area (Å²) in [5, 5.41) is 9.74. The fourth-order valence-corrected chi connectivity index (χ4v) is 0.993. The van der Waals surface area contributed by atoms with E-state index < -0.39 is 24.7 Å². The van der Waals surface area contributed by atoms with Crippen molar-refractivity contribution in [2.24, 2.45) is 0 Å². The van der Waals surface area contributed by atoms with Gasteiger partial charge in [-0.05, 0) is 25.9 Å².